The molecule has 78 valence electrons. The van der Waals surface area contributed by atoms with Gasteiger partial charge in [-0.25, -0.2) is 4.79 Å². The molecule has 0 bridgehead atoms. The van der Waals surface area contributed by atoms with Gasteiger partial charge in [0.05, 0.1) is 12.1 Å². The van der Waals surface area contributed by atoms with Crippen LogP contribution in [-0.4, -0.2) is 22.8 Å². The first kappa shape index (κ1) is 10.4. The molecule has 1 aromatic heterocycles. The summed E-state index contributed by atoms with van der Waals surface area (Å²) in [4.78, 5) is 11.6. The zero-order valence-electron chi connectivity index (χ0n) is 8.08. The van der Waals surface area contributed by atoms with Gasteiger partial charge in [0, 0.05) is 8.96 Å². The lowest BCUT2D eigenvalue weighted by atomic mass is 10.2. The van der Waals surface area contributed by atoms with Crippen molar-refractivity contribution in [1.29, 1.82) is 0 Å². The Kier molecular flexibility index (Phi) is 2.90. The molecular weight excluding hydrogens is 307 g/mol. The van der Waals surface area contributed by atoms with Gasteiger partial charge in [-0.1, -0.05) is 6.07 Å². The van der Waals surface area contributed by atoms with Gasteiger partial charge in [0.2, 0.25) is 0 Å². The molecule has 1 N–H and O–H groups in total. The fourth-order valence-corrected chi connectivity index (χ4v) is 2.13. The number of carbonyl (C=O) groups is 1. The fraction of sp³-hybridized carbons (Fsp3) is 0.200. The van der Waals surface area contributed by atoms with Gasteiger partial charge in [-0.05, 0) is 41.6 Å². The first-order valence-electron chi connectivity index (χ1n) is 4.53. The molecule has 4 nitrogen and oxygen atoms in total. The van der Waals surface area contributed by atoms with E-state index in [9.17, 15) is 4.79 Å². The Labute approximate surface area is 100 Å². The Morgan fingerprint density at radius 3 is 3.13 bits per heavy atom. The Balaban J connectivity index is 2.57. The van der Waals surface area contributed by atoms with E-state index in [2.05, 4.69) is 32.8 Å². The number of aromatic amines is 1. The van der Waals surface area contributed by atoms with Gasteiger partial charge < -0.3 is 4.74 Å². The topological polar surface area (TPSA) is 55.0 Å². The predicted molar refractivity (Wildman–Crippen MR) is 64.8 cm³/mol. The number of nitrogens with one attached hydrogen (secondary N) is 1. The molecule has 0 spiro atoms. The maximum atomic E-state index is 11.6. The van der Waals surface area contributed by atoms with Gasteiger partial charge in [0.25, 0.3) is 0 Å². The zero-order chi connectivity index (χ0) is 10.8. The minimum atomic E-state index is -0.382. The highest BCUT2D eigenvalue weighted by atomic mass is 127. The van der Waals surface area contributed by atoms with Crippen LogP contribution in [0.15, 0.2) is 18.2 Å². The summed E-state index contributed by atoms with van der Waals surface area (Å²) in [6.07, 6.45) is 0. The highest BCUT2D eigenvalue weighted by molar-refractivity contribution is 14.1. The molecular formula is C10H9IN2O2. The summed E-state index contributed by atoms with van der Waals surface area (Å²) in [6.45, 7) is 2.13. The summed E-state index contributed by atoms with van der Waals surface area (Å²) in [6, 6.07) is 5.73. The van der Waals surface area contributed by atoms with E-state index in [0.717, 1.165) is 14.5 Å². The maximum Gasteiger partial charge on any atom is 0.359 e. The number of benzene rings is 1. The van der Waals surface area contributed by atoms with E-state index >= 15 is 0 Å². The second-order valence-corrected chi connectivity index (χ2v) is 4.12. The summed E-state index contributed by atoms with van der Waals surface area (Å²) < 4.78 is 5.91. The Hall–Kier alpha value is -1.11. The second kappa shape index (κ2) is 4.18. The minimum absolute atomic E-state index is 0.358. The number of halogens is 1. The van der Waals surface area contributed by atoms with E-state index in [-0.39, 0.29) is 5.97 Å². The van der Waals surface area contributed by atoms with Crippen LogP contribution in [0.2, 0.25) is 0 Å². The second-order valence-electron chi connectivity index (χ2n) is 2.96. The van der Waals surface area contributed by atoms with Crippen molar-refractivity contribution in [2.75, 3.05) is 6.61 Å². The lowest BCUT2D eigenvalue weighted by Crippen LogP contribution is -2.05. The number of ether oxygens (including phenoxy) is 1. The monoisotopic (exact) mass is 316 g/mol. The minimum Gasteiger partial charge on any atom is -0.461 e. The van der Waals surface area contributed by atoms with E-state index in [1.54, 1.807) is 6.92 Å². The Morgan fingerprint density at radius 2 is 2.40 bits per heavy atom. The van der Waals surface area contributed by atoms with Crippen LogP contribution in [0.5, 0.6) is 0 Å². The molecule has 15 heavy (non-hydrogen) atoms. The Bertz CT molecular complexity index is 507. The zero-order valence-corrected chi connectivity index (χ0v) is 10.2. The average molecular weight is 316 g/mol. The SMILES string of the molecule is CCOC(=O)c1n[nH]c2cccc(I)c12. The van der Waals surface area contributed by atoms with Crippen LogP contribution in [0.3, 0.4) is 0 Å². The first-order valence-corrected chi connectivity index (χ1v) is 5.61. The molecule has 0 unspecified atom stereocenters. The number of nitrogens with zero attached hydrogens (tertiary/aromatic N) is 1. The number of aromatic nitrogens is 2. The van der Waals surface area contributed by atoms with Crippen molar-refractivity contribution < 1.29 is 9.53 Å². The Morgan fingerprint density at radius 1 is 1.60 bits per heavy atom. The quantitative estimate of drug-likeness (QED) is 0.683. The third kappa shape index (κ3) is 1.83. The lowest BCUT2D eigenvalue weighted by molar-refractivity contribution is 0.0521. The summed E-state index contributed by atoms with van der Waals surface area (Å²) >= 11 is 2.17. The fourth-order valence-electron chi connectivity index (χ4n) is 1.38. The number of fused-ring (bicyclic) bond motifs is 1. The molecule has 0 radical (unpaired) electrons. The largest absolute Gasteiger partial charge is 0.461 e. The normalized spacial score (nSPS) is 10.5. The average Bonchev–Trinajstić information content (AvgIpc) is 2.63. The van der Waals surface area contributed by atoms with Crippen molar-refractivity contribution in [3.63, 3.8) is 0 Å². The lowest BCUT2D eigenvalue weighted by Gasteiger charge is -1.99. The van der Waals surface area contributed by atoms with Crippen molar-refractivity contribution >= 4 is 39.5 Å². The molecule has 0 aliphatic rings. The molecule has 0 amide bonds. The molecule has 1 aromatic carbocycles. The number of hydrogen-bond donors (Lipinski definition) is 1. The third-order valence-electron chi connectivity index (χ3n) is 2.01. The number of hydrogen-bond acceptors (Lipinski definition) is 3. The molecule has 0 saturated carbocycles. The van der Waals surface area contributed by atoms with Crippen LogP contribution in [0.1, 0.15) is 17.4 Å². The van der Waals surface area contributed by atoms with Gasteiger partial charge in [-0.3, -0.25) is 5.10 Å². The van der Waals surface area contributed by atoms with Gasteiger partial charge in [0.15, 0.2) is 5.69 Å². The number of rotatable bonds is 2. The summed E-state index contributed by atoms with van der Waals surface area (Å²) in [7, 11) is 0. The number of carbonyl (C=O) groups excluding carboxylic acids is 1. The molecule has 0 atom stereocenters. The van der Waals surface area contributed by atoms with Gasteiger partial charge in [-0.2, -0.15) is 5.10 Å². The van der Waals surface area contributed by atoms with Crippen LogP contribution in [0.4, 0.5) is 0 Å². The van der Waals surface area contributed by atoms with E-state index in [4.69, 9.17) is 4.74 Å². The maximum absolute atomic E-state index is 11.6. The van der Waals surface area contributed by atoms with E-state index in [1.807, 2.05) is 18.2 Å². The van der Waals surface area contributed by atoms with Crippen molar-refractivity contribution in [3.05, 3.63) is 27.5 Å². The van der Waals surface area contributed by atoms with Crippen LogP contribution in [0, 0.1) is 3.57 Å². The van der Waals surface area contributed by atoms with Crippen LogP contribution < -0.4 is 0 Å². The molecule has 5 heteroatoms. The molecule has 0 saturated heterocycles. The highest BCUT2D eigenvalue weighted by Gasteiger charge is 2.16. The van der Waals surface area contributed by atoms with Gasteiger partial charge >= 0.3 is 5.97 Å². The third-order valence-corrected chi connectivity index (χ3v) is 2.91. The first-order chi connectivity index (χ1) is 7.24. The van der Waals surface area contributed by atoms with Crippen molar-refractivity contribution in [3.8, 4) is 0 Å². The summed E-state index contributed by atoms with van der Waals surface area (Å²) in [5, 5.41) is 7.61. The standard InChI is InChI=1S/C10H9IN2O2/c1-2-15-10(14)9-8-6(11)4-3-5-7(8)12-13-9/h3-5H,2H2,1H3,(H,12,13). The van der Waals surface area contributed by atoms with Gasteiger partial charge in [0.1, 0.15) is 0 Å². The van der Waals surface area contributed by atoms with Crippen LogP contribution >= 0.6 is 22.6 Å². The van der Waals surface area contributed by atoms with Gasteiger partial charge in [-0.15, -0.1) is 0 Å². The molecule has 2 rings (SSSR count). The molecule has 0 fully saturated rings. The molecule has 0 aliphatic carbocycles. The molecule has 2 aromatic rings. The van der Waals surface area contributed by atoms with Crippen molar-refractivity contribution in [2.45, 2.75) is 6.92 Å². The highest BCUT2D eigenvalue weighted by Crippen LogP contribution is 2.22. The predicted octanol–water partition coefficient (Wildman–Crippen LogP) is 2.34. The van der Waals surface area contributed by atoms with E-state index in [1.165, 1.54) is 0 Å². The summed E-state index contributed by atoms with van der Waals surface area (Å²) in [5.41, 5.74) is 1.21. The summed E-state index contributed by atoms with van der Waals surface area (Å²) in [5.74, 6) is -0.382. The van der Waals surface area contributed by atoms with E-state index in [0.29, 0.717) is 12.3 Å². The molecule has 1 heterocycles. The van der Waals surface area contributed by atoms with Crippen LogP contribution in [-0.2, 0) is 4.74 Å². The number of esters is 1. The van der Waals surface area contributed by atoms with E-state index < -0.39 is 0 Å². The molecule has 0 aliphatic heterocycles. The smallest absolute Gasteiger partial charge is 0.359 e. The number of H-pyrrole nitrogens is 1. The van der Waals surface area contributed by atoms with Crippen molar-refractivity contribution in [1.82, 2.24) is 10.2 Å². The van der Waals surface area contributed by atoms with Crippen LogP contribution in [0.25, 0.3) is 10.9 Å². The van der Waals surface area contributed by atoms with Crippen molar-refractivity contribution in [2.24, 2.45) is 0 Å².